The average molecular weight is 274 g/mol. The molecular weight excluding hydrogens is 248 g/mol. The van der Waals surface area contributed by atoms with Crippen LogP contribution < -0.4 is 10.6 Å². The lowest BCUT2D eigenvalue weighted by molar-refractivity contribution is -0.122. The van der Waals surface area contributed by atoms with Gasteiger partial charge in [-0.1, -0.05) is 31.5 Å². The second-order valence-corrected chi connectivity index (χ2v) is 6.03. The van der Waals surface area contributed by atoms with Crippen LogP contribution in [-0.4, -0.2) is 18.5 Å². The summed E-state index contributed by atoms with van der Waals surface area (Å²) in [6.07, 6.45) is 5.10. The van der Waals surface area contributed by atoms with E-state index < -0.39 is 0 Å². The third kappa shape index (κ3) is 3.60. The minimum Gasteiger partial charge on any atom is -0.328 e. The van der Waals surface area contributed by atoms with Crippen LogP contribution in [0.1, 0.15) is 45.1 Å². The van der Waals surface area contributed by atoms with Gasteiger partial charge in [-0.25, -0.2) is 0 Å². The maximum atomic E-state index is 12.6. The molecule has 0 aromatic heterocycles. The van der Waals surface area contributed by atoms with Gasteiger partial charge in [0.15, 0.2) is 0 Å². The third-order valence-electron chi connectivity index (χ3n) is 4.09. The van der Waals surface area contributed by atoms with E-state index in [1.165, 1.54) is 5.56 Å². The number of carbonyl (C=O) groups is 1. The average Bonchev–Trinajstić information content (AvgIpc) is 2.45. The van der Waals surface area contributed by atoms with Crippen LogP contribution in [0.5, 0.6) is 0 Å². The van der Waals surface area contributed by atoms with E-state index in [1.807, 2.05) is 24.8 Å². The van der Waals surface area contributed by atoms with E-state index in [4.69, 9.17) is 5.73 Å². The minimum absolute atomic E-state index is 0.0832. The lowest BCUT2D eigenvalue weighted by atomic mass is 9.97. The summed E-state index contributed by atoms with van der Waals surface area (Å²) >= 11 is 0. The summed E-state index contributed by atoms with van der Waals surface area (Å²) in [4.78, 5) is 14.6. The number of nitrogens with zero attached hydrogens (tertiary/aromatic N) is 1. The summed E-state index contributed by atoms with van der Waals surface area (Å²) < 4.78 is 0. The molecule has 2 N–H and O–H groups in total. The molecule has 0 aliphatic carbocycles. The van der Waals surface area contributed by atoms with Gasteiger partial charge >= 0.3 is 0 Å². The van der Waals surface area contributed by atoms with Crippen molar-refractivity contribution in [3.63, 3.8) is 0 Å². The van der Waals surface area contributed by atoms with Crippen molar-refractivity contribution >= 4 is 11.6 Å². The maximum Gasteiger partial charge on any atom is 0.229 e. The Morgan fingerprint density at radius 2 is 2.05 bits per heavy atom. The molecule has 3 nitrogen and oxygen atoms in total. The smallest absolute Gasteiger partial charge is 0.229 e. The Morgan fingerprint density at radius 1 is 1.30 bits per heavy atom. The van der Waals surface area contributed by atoms with Crippen molar-refractivity contribution in [2.75, 3.05) is 11.4 Å². The molecule has 1 aromatic rings. The highest BCUT2D eigenvalue weighted by Gasteiger charge is 2.25. The predicted octanol–water partition coefficient (Wildman–Crippen LogP) is 3.12. The molecule has 2 unspecified atom stereocenters. The first-order valence-corrected chi connectivity index (χ1v) is 7.74. The molecular formula is C17H26N2O. The summed E-state index contributed by atoms with van der Waals surface area (Å²) in [7, 11) is 0. The Balaban J connectivity index is 1.99. The largest absolute Gasteiger partial charge is 0.328 e. The quantitative estimate of drug-likeness (QED) is 0.896. The summed E-state index contributed by atoms with van der Waals surface area (Å²) in [6, 6.07) is 8.51. The molecule has 1 aromatic carbocycles. The fourth-order valence-corrected chi connectivity index (χ4v) is 2.90. The number of amides is 1. The zero-order chi connectivity index (χ0) is 14.5. The highest BCUT2D eigenvalue weighted by molar-refractivity contribution is 5.95. The summed E-state index contributed by atoms with van der Waals surface area (Å²) in [5.74, 6) is 0.349. The molecule has 0 saturated heterocycles. The molecule has 0 fully saturated rings. The van der Waals surface area contributed by atoms with Gasteiger partial charge in [0.1, 0.15) is 0 Å². The molecule has 20 heavy (non-hydrogen) atoms. The Kier molecular flexibility index (Phi) is 5.18. The van der Waals surface area contributed by atoms with Crippen LogP contribution in [-0.2, 0) is 11.2 Å². The van der Waals surface area contributed by atoms with Crippen LogP contribution in [0.25, 0.3) is 0 Å². The molecule has 1 heterocycles. The highest BCUT2D eigenvalue weighted by Crippen LogP contribution is 2.28. The monoisotopic (exact) mass is 274 g/mol. The molecule has 0 radical (unpaired) electrons. The Hall–Kier alpha value is -1.35. The number of benzene rings is 1. The zero-order valence-electron chi connectivity index (χ0n) is 12.6. The Bertz CT molecular complexity index is 456. The van der Waals surface area contributed by atoms with Crippen molar-refractivity contribution in [1.29, 1.82) is 0 Å². The SMILES string of the molecule is CC(N)CCCC(C)C(=O)N1CCCc2ccccc21. The number of para-hydroxylation sites is 1. The minimum atomic E-state index is 0.0832. The summed E-state index contributed by atoms with van der Waals surface area (Å²) in [5.41, 5.74) is 8.18. The van der Waals surface area contributed by atoms with Gasteiger partial charge in [0.25, 0.3) is 0 Å². The van der Waals surface area contributed by atoms with Crippen molar-refractivity contribution in [3.8, 4) is 0 Å². The number of aryl methyl sites for hydroxylation is 1. The van der Waals surface area contributed by atoms with Crippen molar-refractivity contribution in [2.24, 2.45) is 11.7 Å². The van der Waals surface area contributed by atoms with E-state index in [-0.39, 0.29) is 17.9 Å². The van der Waals surface area contributed by atoms with Crippen LogP contribution in [0.4, 0.5) is 5.69 Å². The van der Waals surface area contributed by atoms with Crippen molar-refractivity contribution < 1.29 is 4.79 Å². The standard InChI is InChI=1S/C17H26N2O/c1-13(7-5-8-14(2)18)17(20)19-12-6-10-15-9-3-4-11-16(15)19/h3-4,9,11,13-14H,5-8,10,12,18H2,1-2H3. The predicted molar refractivity (Wildman–Crippen MR) is 83.8 cm³/mol. The van der Waals surface area contributed by atoms with Gasteiger partial charge < -0.3 is 10.6 Å². The number of hydrogen-bond acceptors (Lipinski definition) is 2. The van der Waals surface area contributed by atoms with Crippen LogP contribution in [0.3, 0.4) is 0 Å². The van der Waals surface area contributed by atoms with Crippen molar-refractivity contribution in [2.45, 2.75) is 52.0 Å². The normalized spacial score (nSPS) is 17.4. The number of fused-ring (bicyclic) bond motifs is 1. The number of rotatable bonds is 5. The second kappa shape index (κ2) is 6.89. The molecule has 110 valence electrons. The van der Waals surface area contributed by atoms with E-state index in [1.54, 1.807) is 0 Å². The highest BCUT2D eigenvalue weighted by atomic mass is 16.2. The fraction of sp³-hybridized carbons (Fsp3) is 0.588. The summed E-state index contributed by atoms with van der Waals surface area (Å²) in [6.45, 7) is 4.92. The Labute approximate surface area is 122 Å². The Morgan fingerprint density at radius 3 is 2.80 bits per heavy atom. The first-order valence-electron chi connectivity index (χ1n) is 7.74. The lowest BCUT2D eigenvalue weighted by Crippen LogP contribution is -2.39. The maximum absolute atomic E-state index is 12.6. The topological polar surface area (TPSA) is 46.3 Å². The summed E-state index contributed by atoms with van der Waals surface area (Å²) in [5, 5.41) is 0. The lowest BCUT2D eigenvalue weighted by Gasteiger charge is -2.31. The van der Waals surface area contributed by atoms with Gasteiger partial charge in [-0.15, -0.1) is 0 Å². The van der Waals surface area contributed by atoms with Gasteiger partial charge in [-0.05, 0) is 44.2 Å². The van der Waals surface area contributed by atoms with E-state index in [9.17, 15) is 4.79 Å². The molecule has 1 aliphatic rings. The van der Waals surface area contributed by atoms with E-state index in [0.717, 1.165) is 44.3 Å². The molecule has 0 bridgehead atoms. The van der Waals surface area contributed by atoms with Crippen LogP contribution in [0.15, 0.2) is 24.3 Å². The van der Waals surface area contributed by atoms with E-state index >= 15 is 0 Å². The van der Waals surface area contributed by atoms with Crippen molar-refractivity contribution in [1.82, 2.24) is 0 Å². The molecule has 2 rings (SSSR count). The van der Waals surface area contributed by atoms with Crippen LogP contribution in [0, 0.1) is 5.92 Å². The molecule has 1 aliphatic heterocycles. The molecule has 3 heteroatoms. The molecule has 2 atom stereocenters. The van der Waals surface area contributed by atoms with Gasteiger partial charge in [-0.2, -0.15) is 0 Å². The van der Waals surface area contributed by atoms with Crippen LogP contribution >= 0.6 is 0 Å². The van der Waals surface area contributed by atoms with Crippen molar-refractivity contribution in [3.05, 3.63) is 29.8 Å². The molecule has 0 spiro atoms. The molecule has 1 amide bonds. The zero-order valence-corrected chi connectivity index (χ0v) is 12.6. The molecule has 0 saturated carbocycles. The fourth-order valence-electron chi connectivity index (χ4n) is 2.90. The van der Waals surface area contributed by atoms with Gasteiger partial charge in [0, 0.05) is 24.2 Å². The number of anilines is 1. The van der Waals surface area contributed by atoms with Gasteiger partial charge in [0.2, 0.25) is 5.91 Å². The van der Waals surface area contributed by atoms with E-state index in [0.29, 0.717) is 0 Å². The first-order chi connectivity index (χ1) is 9.59. The number of nitrogens with two attached hydrogens (primary N) is 1. The van der Waals surface area contributed by atoms with Gasteiger partial charge in [0.05, 0.1) is 0 Å². The van der Waals surface area contributed by atoms with E-state index in [2.05, 4.69) is 18.2 Å². The van der Waals surface area contributed by atoms with Gasteiger partial charge in [-0.3, -0.25) is 4.79 Å². The van der Waals surface area contributed by atoms with Crippen LogP contribution in [0.2, 0.25) is 0 Å². The second-order valence-electron chi connectivity index (χ2n) is 6.03. The first kappa shape index (κ1) is 15.0. The number of carbonyl (C=O) groups excluding carboxylic acids is 1. The third-order valence-corrected chi connectivity index (χ3v) is 4.09. The number of hydrogen-bond donors (Lipinski definition) is 1.